The monoisotopic (exact) mass is 522 g/mol. The SMILES string of the molecule is COC(=O)N1CCN(c2cc([S+]([O-])NC3(C#N)CC3)cc3c2cnn3-c2nnc(C(F)F)s2)CC1. The van der Waals surface area contributed by atoms with Gasteiger partial charge in [-0.05, 0) is 12.8 Å². The van der Waals surface area contributed by atoms with Gasteiger partial charge in [0.1, 0.15) is 5.54 Å². The minimum absolute atomic E-state index is 0.156. The van der Waals surface area contributed by atoms with E-state index < -0.39 is 34.4 Å². The summed E-state index contributed by atoms with van der Waals surface area (Å²) in [5.74, 6) is 0. The fourth-order valence-electron chi connectivity index (χ4n) is 3.86. The number of nitriles is 1. The first-order chi connectivity index (χ1) is 16.8. The summed E-state index contributed by atoms with van der Waals surface area (Å²) >= 11 is -0.984. The molecule has 1 saturated heterocycles. The molecule has 3 heterocycles. The van der Waals surface area contributed by atoms with E-state index in [2.05, 4.69) is 26.1 Å². The molecule has 11 nitrogen and oxygen atoms in total. The standard InChI is InChI=1S/C20H20F2N8O3S2/c1-33-19(31)29-6-4-28(5-7-29)14-8-12(35(32)27-20(11-23)2-3-20)9-15-13(14)10-24-30(15)18-26-25-17(34-18)16(21)22/h8-10,16,27H,2-7H2,1H3. The van der Waals surface area contributed by atoms with Crippen molar-refractivity contribution in [1.29, 1.82) is 5.26 Å². The first-order valence-electron chi connectivity index (χ1n) is 10.7. The van der Waals surface area contributed by atoms with Gasteiger partial charge in [-0.3, -0.25) is 0 Å². The summed E-state index contributed by atoms with van der Waals surface area (Å²) < 4.78 is 48.4. The van der Waals surface area contributed by atoms with Crippen LogP contribution in [0.2, 0.25) is 0 Å². The Morgan fingerprint density at radius 1 is 1.31 bits per heavy atom. The predicted octanol–water partition coefficient (Wildman–Crippen LogP) is 2.37. The third kappa shape index (κ3) is 4.49. The number of aromatic nitrogens is 4. The van der Waals surface area contributed by atoms with Gasteiger partial charge in [0.25, 0.3) is 6.43 Å². The molecule has 1 aromatic carbocycles. The number of alkyl halides is 2. The Balaban J connectivity index is 1.54. The fourth-order valence-corrected chi connectivity index (χ4v) is 5.69. The number of nitrogens with one attached hydrogen (secondary N) is 1. The van der Waals surface area contributed by atoms with Crippen LogP contribution in [0.15, 0.2) is 23.2 Å². The van der Waals surface area contributed by atoms with Crippen molar-refractivity contribution in [3.63, 3.8) is 0 Å². The Kier molecular flexibility index (Phi) is 6.21. The third-order valence-electron chi connectivity index (χ3n) is 5.96. The highest BCUT2D eigenvalue weighted by atomic mass is 32.2. The number of carbonyl (C=O) groups is 1. The molecular weight excluding hydrogens is 502 g/mol. The average molecular weight is 523 g/mol. The van der Waals surface area contributed by atoms with E-state index in [1.54, 1.807) is 23.2 Å². The second-order valence-electron chi connectivity index (χ2n) is 8.16. The van der Waals surface area contributed by atoms with Crippen LogP contribution < -0.4 is 9.62 Å². The third-order valence-corrected chi connectivity index (χ3v) is 8.10. The molecule has 5 rings (SSSR count). The molecule has 1 aliphatic heterocycles. The number of methoxy groups -OCH3 is 1. The number of anilines is 1. The van der Waals surface area contributed by atoms with Crippen molar-refractivity contribution in [3.05, 3.63) is 23.3 Å². The van der Waals surface area contributed by atoms with Gasteiger partial charge < -0.3 is 19.1 Å². The first-order valence-corrected chi connectivity index (χ1v) is 12.6. The molecular formula is C20H20F2N8O3S2. The second kappa shape index (κ2) is 9.19. The molecule has 2 aromatic heterocycles. The lowest BCUT2D eigenvalue weighted by atomic mass is 10.2. The predicted molar refractivity (Wildman–Crippen MR) is 123 cm³/mol. The maximum Gasteiger partial charge on any atom is 0.409 e. The number of carbonyl (C=O) groups excluding carboxylic acids is 1. The number of benzene rings is 1. The number of nitrogens with zero attached hydrogens (tertiary/aromatic N) is 7. The van der Waals surface area contributed by atoms with Crippen LogP contribution in [0.25, 0.3) is 16.0 Å². The number of piperazine rings is 1. The van der Waals surface area contributed by atoms with E-state index in [1.165, 1.54) is 11.8 Å². The van der Waals surface area contributed by atoms with Crippen LogP contribution in [-0.2, 0) is 16.1 Å². The smallest absolute Gasteiger partial charge is 0.409 e. The van der Waals surface area contributed by atoms with Gasteiger partial charge in [0.15, 0.2) is 9.90 Å². The number of hydrogen-bond donors (Lipinski definition) is 1. The van der Waals surface area contributed by atoms with Crippen LogP contribution in [0, 0.1) is 11.3 Å². The number of halogens is 2. The number of fused-ring (bicyclic) bond motifs is 1. The molecule has 184 valence electrons. The van der Waals surface area contributed by atoms with E-state index in [9.17, 15) is 23.4 Å². The molecule has 0 bridgehead atoms. The van der Waals surface area contributed by atoms with Gasteiger partial charge in [-0.2, -0.15) is 10.4 Å². The maximum absolute atomic E-state index is 13.2. The minimum Gasteiger partial charge on any atom is -0.593 e. The molecule has 1 aliphatic carbocycles. The Morgan fingerprint density at radius 2 is 2.06 bits per heavy atom. The minimum atomic E-state index is -2.75. The van der Waals surface area contributed by atoms with E-state index in [0.717, 1.165) is 17.0 Å². The molecule has 2 aliphatic rings. The molecule has 15 heteroatoms. The lowest BCUT2D eigenvalue weighted by Crippen LogP contribution is -2.48. The number of rotatable bonds is 6. The molecule has 1 amide bonds. The van der Waals surface area contributed by atoms with Gasteiger partial charge in [0.2, 0.25) is 5.13 Å². The summed E-state index contributed by atoms with van der Waals surface area (Å²) in [5, 5.41) is 21.6. The van der Waals surface area contributed by atoms with Crippen molar-refractivity contribution in [2.45, 2.75) is 29.7 Å². The summed E-state index contributed by atoms with van der Waals surface area (Å²) in [5.41, 5.74) is 0.434. The number of ether oxygens (including phenoxy) is 1. The van der Waals surface area contributed by atoms with Crippen molar-refractivity contribution in [3.8, 4) is 11.2 Å². The second-order valence-corrected chi connectivity index (χ2v) is 10.4. The Labute approximate surface area is 205 Å². The summed E-state index contributed by atoms with van der Waals surface area (Å²) in [6.07, 6.45) is -0.340. The van der Waals surface area contributed by atoms with Crippen LogP contribution >= 0.6 is 11.3 Å². The number of hydrogen-bond acceptors (Lipinski definition) is 10. The van der Waals surface area contributed by atoms with E-state index in [0.29, 0.717) is 54.8 Å². The zero-order valence-electron chi connectivity index (χ0n) is 18.5. The lowest BCUT2D eigenvalue weighted by Gasteiger charge is -2.35. The van der Waals surface area contributed by atoms with Gasteiger partial charge in [0.05, 0.1) is 41.9 Å². The summed E-state index contributed by atoms with van der Waals surface area (Å²) in [4.78, 5) is 15.9. The van der Waals surface area contributed by atoms with Crippen LogP contribution in [0.3, 0.4) is 0 Å². The quantitative estimate of drug-likeness (QED) is 0.484. The molecule has 2 fully saturated rings. The zero-order valence-corrected chi connectivity index (χ0v) is 20.1. The number of amides is 1. The maximum atomic E-state index is 13.2. The van der Waals surface area contributed by atoms with Gasteiger partial charge in [0, 0.05) is 43.7 Å². The topological polar surface area (TPSA) is 135 Å². The van der Waals surface area contributed by atoms with Gasteiger partial charge in [-0.1, -0.05) is 11.3 Å². The van der Waals surface area contributed by atoms with Crippen molar-refractivity contribution >= 4 is 45.4 Å². The van der Waals surface area contributed by atoms with Crippen molar-refractivity contribution in [2.75, 3.05) is 38.2 Å². The molecule has 0 spiro atoms. The van der Waals surface area contributed by atoms with E-state index in [-0.39, 0.29) is 5.13 Å². The van der Waals surface area contributed by atoms with Crippen molar-refractivity contribution in [2.24, 2.45) is 0 Å². The molecule has 1 unspecified atom stereocenters. The van der Waals surface area contributed by atoms with E-state index >= 15 is 0 Å². The molecule has 35 heavy (non-hydrogen) atoms. The van der Waals surface area contributed by atoms with Crippen LogP contribution in [0.4, 0.5) is 19.3 Å². The molecule has 0 radical (unpaired) electrons. The van der Waals surface area contributed by atoms with Gasteiger partial charge in [-0.15, -0.1) is 14.9 Å². The average Bonchev–Trinajstić information content (AvgIpc) is 3.27. The highest BCUT2D eigenvalue weighted by Gasteiger charge is 2.48. The van der Waals surface area contributed by atoms with Crippen molar-refractivity contribution < 1.29 is 22.9 Å². The van der Waals surface area contributed by atoms with Crippen molar-refractivity contribution in [1.82, 2.24) is 29.6 Å². The Bertz CT molecular complexity index is 1300. The van der Waals surface area contributed by atoms with Crippen LogP contribution in [0.5, 0.6) is 0 Å². The fraction of sp³-hybridized carbons (Fsp3) is 0.450. The Morgan fingerprint density at radius 3 is 2.66 bits per heavy atom. The highest BCUT2D eigenvalue weighted by molar-refractivity contribution is 7.89. The zero-order chi connectivity index (χ0) is 24.7. The van der Waals surface area contributed by atoms with Crippen LogP contribution in [0.1, 0.15) is 24.3 Å². The Hall–Kier alpha value is -3.06. The molecule has 1 N–H and O–H groups in total. The summed E-state index contributed by atoms with van der Waals surface area (Å²) in [7, 11) is 1.33. The highest BCUT2D eigenvalue weighted by Crippen LogP contribution is 2.38. The van der Waals surface area contributed by atoms with Gasteiger partial charge in [-0.25, -0.2) is 18.3 Å². The lowest BCUT2D eigenvalue weighted by molar-refractivity contribution is 0.121. The normalized spacial score (nSPS) is 18.1. The van der Waals surface area contributed by atoms with Gasteiger partial charge >= 0.3 is 6.09 Å². The first kappa shape index (κ1) is 23.7. The summed E-state index contributed by atoms with van der Waals surface area (Å²) in [6.45, 7) is 1.85. The molecule has 1 atom stereocenters. The van der Waals surface area contributed by atoms with E-state index in [4.69, 9.17) is 4.74 Å². The molecule has 3 aromatic rings. The largest absolute Gasteiger partial charge is 0.593 e. The summed E-state index contributed by atoms with van der Waals surface area (Å²) in [6, 6.07) is 5.58. The van der Waals surface area contributed by atoms with Crippen LogP contribution in [-0.4, -0.2) is 74.4 Å². The van der Waals surface area contributed by atoms with E-state index in [1.807, 2.05) is 4.90 Å². The molecule has 1 saturated carbocycles.